The van der Waals surface area contributed by atoms with Gasteiger partial charge in [-0.2, -0.15) is 0 Å². The smallest absolute Gasteiger partial charge is 0.153 e. The van der Waals surface area contributed by atoms with Crippen LogP contribution in [0.1, 0.15) is 32.6 Å². The Labute approximate surface area is 114 Å². The first-order chi connectivity index (χ1) is 9.13. The van der Waals surface area contributed by atoms with Crippen LogP contribution < -0.4 is 4.74 Å². The van der Waals surface area contributed by atoms with Crippen molar-refractivity contribution in [3.05, 3.63) is 64.2 Å². The van der Waals surface area contributed by atoms with E-state index in [-0.39, 0.29) is 0 Å². The normalized spacial score (nSPS) is 10.3. The molecule has 0 spiro atoms. The number of hydrogen-bond acceptors (Lipinski definition) is 2. The Morgan fingerprint density at radius 3 is 2.42 bits per heavy atom. The molecule has 0 amide bonds. The van der Waals surface area contributed by atoms with Crippen molar-refractivity contribution in [2.45, 2.75) is 27.4 Å². The summed E-state index contributed by atoms with van der Waals surface area (Å²) >= 11 is 0. The molecule has 2 heteroatoms. The van der Waals surface area contributed by atoms with Crippen molar-refractivity contribution in [1.82, 2.24) is 0 Å². The van der Waals surface area contributed by atoms with Crippen LogP contribution in [-0.4, -0.2) is 6.29 Å². The van der Waals surface area contributed by atoms with Crippen LogP contribution in [0, 0.1) is 20.8 Å². The first kappa shape index (κ1) is 13.3. The molecule has 0 aliphatic heterocycles. The van der Waals surface area contributed by atoms with Gasteiger partial charge >= 0.3 is 0 Å². The molecule has 0 unspecified atom stereocenters. The van der Waals surface area contributed by atoms with Gasteiger partial charge in [0, 0.05) is 0 Å². The lowest BCUT2D eigenvalue weighted by Gasteiger charge is -2.14. The van der Waals surface area contributed by atoms with Gasteiger partial charge in [-0.15, -0.1) is 0 Å². The Morgan fingerprint density at radius 2 is 1.74 bits per heavy atom. The van der Waals surface area contributed by atoms with Crippen molar-refractivity contribution < 1.29 is 9.53 Å². The third-order valence-electron chi connectivity index (χ3n) is 3.47. The molecule has 98 valence electrons. The van der Waals surface area contributed by atoms with Gasteiger partial charge in [-0.25, -0.2) is 0 Å². The fourth-order valence-electron chi connectivity index (χ4n) is 2.02. The minimum Gasteiger partial charge on any atom is -0.488 e. The zero-order valence-electron chi connectivity index (χ0n) is 11.6. The van der Waals surface area contributed by atoms with Gasteiger partial charge in [0.25, 0.3) is 0 Å². The van der Waals surface area contributed by atoms with E-state index in [0.717, 1.165) is 23.0 Å². The summed E-state index contributed by atoms with van der Waals surface area (Å²) in [5.41, 5.74) is 5.10. The SMILES string of the molecule is Cc1ccccc1COc1c(C=O)ccc(C)c1C. The first-order valence-electron chi connectivity index (χ1n) is 6.36. The van der Waals surface area contributed by atoms with E-state index >= 15 is 0 Å². The fourth-order valence-corrected chi connectivity index (χ4v) is 2.02. The van der Waals surface area contributed by atoms with Crippen molar-refractivity contribution in [2.24, 2.45) is 0 Å². The number of benzene rings is 2. The monoisotopic (exact) mass is 254 g/mol. The molecule has 0 saturated carbocycles. The largest absolute Gasteiger partial charge is 0.488 e. The lowest BCUT2D eigenvalue weighted by atomic mass is 10.0. The molecular weight excluding hydrogens is 236 g/mol. The van der Waals surface area contributed by atoms with E-state index in [9.17, 15) is 4.79 Å². The zero-order chi connectivity index (χ0) is 13.8. The average molecular weight is 254 g/mol. The molecule has 19 heavy (non-hydrogen) atoms. The van der Waals surface area contributed by atoms with Crippen LogP contribution in [-0.2, 0) is 6.61 Å². The predicted molar refractivity (Wildman–Crippen MR) is 76.8 cm³/mol. The molecule has 0 radical (unpaired) electrons. The van der Waals surface area contributed by atoms with Gasteiger partial charge in [0.05, 0.1) is 5.56 Å². The zero-order valence-corrected chi connectivity index (χ0v) is 11.6. The summed E-state index contributed by atoms with van der Waals surface area (Å²) in [7, 11) is 0. The molecule has 2 nitrogen and oxygen atoms in total. The average Bonchev–Trinajstić information content (AvgIpc) is 2.42. The number of carbonyl (C=O) groups is 1. The Balaban J connectivity index is 2.27. The van der Waals surface area contributed by atoms with Crippen LogP contribution in [0.5, 0.6) is 5.75 Å². The lowest BCUT2D eigenvalue weighted by molar-refractivity contribution is 0.111. The summed E-state index contributed by atoms with van der Waals surface area (Å²) in [4.78, 5) is 11.1. The quantitative estimate of drug-likeness (QED) is 0.771. The number of hydrogen-bond donors (Lipinski definition) is 0. The number of aldehydes is 1. The first-order valence-corrected chi connectivity index (χ1v) is 6.36. The lowest BCUT2D eigenvalue weighted by Crippen LogP contribution is -2.02. The second kappa shape index (κ2) is 5.70. The third kappa shape index (κ3) is 2.84. The molecule has 0 saturated heterocycles. The molecule has 2 rings (SSSR count). The van der Waals surface area contributed by atoms with Crippen LogP contribution in [0.2, 0.25) is 0 Å². The molecule has 2 aromatic rings. The topological polar surface area (TPSA) is 26.3 Å². The van der Waals surface area contributed by atoms with E-state index in [1.54, 1.807) is 0 Å². The van der Waals surface area contributed by atoms with E-state index in [1.165, 1.54) is 5.56 Å². The van der Waals surface area contributed by atoms with Crippen molar-refractivity contribution in [2.75, 3.05) is 0 Å². The van der Waals surface area contributed by atoms with E-state index < -0.39 is 0 Å². The second-order valence-electron chi connectivity index (χ2n) is 4.76. The van der Waals surface area contributed by atoms with E-state index in [1.807, 2.05) is 44.2 Å². The minimum atomic E-state index is 0.484. The Morgan fingerprint density at radius 1 is 1.00 bits per heavy atom. The summed E-state index contributed by atoms with van der Waals surface area (Å²) in [6, 6.07) is 11.9. The van der Waals surface area contributed by atoms with Crippen molar-refractivity contribution in [3.8, 4) is 5.75 Å². The molecule has 0 aromatic heterocycles. The van der Waals surface area contributed by atoms with Crippen molar-refractivity contribution in [1.29, 1.82) is 0 Å². The Bertz CT molecular complexity index is 600. The Kier molecular flexibility index (Phi) is 4.00. The standard InChI is InChI=1S/C17H18O2/c1-12-8-9-15(10-18)17(14(12)3)19-11-16-7-5-4-6-13(16)2/h4-10H,11H2,1-3H3. The maximum absolute atomic E-state index is 11.1. The van der Waals surface area contributed by atoms with Crippen molar-refractivity contribution in [3.63, 3.8) is 0 Å². The van der Waals surface area contributed by atoms with Gasteiger partial charge < -0.3 is 4.74 Å². The van der Waals surface area contributed by atoms with Gasteiger partial charge in [-0.05, 0) is 49.1 Å². The molecule has 0 N–H and O–H groups in total. The molecule has 0 aliphatic carbocycles. The van der Waals surface area contributed by atoms with Gasteiger partial charge in [-0.1, -0.05) is 30.3 Å². The number of carbonyl (C=O) groups excluding carboxylic acids is 1. The van der Waals surface area contributed by atoms with Crippen LogP contribution in [0.4, 0.5) is 0 Å². The van der Waals surface area contributed by atoms with Gasteiger partial charge in [0.15, 0.2) is 6.29 Å². The van der Waals surface area contributed by atoms with Gasteiger partial charge in [-0.3, -0.25) is 4.79 Å². The highest BCUT2D eigenvalue weighted by atomic mass is 16.5. The van der Waals surface area contributed by atoms with Gasteiger partial charge in [0.1, 0.15) is 12.4 Å². The predicted octanol–water partition coefficient (Wildman–Crippen LogP) is 4.00. The van der Waals surface area contributed by atoms with Crippen LogP contribution in [0.15, 0.2) is 36.4 Å². The number of ether oxygens (including phenoxy) is 1. The molecule has 0 aliphatic rings. The molecule has 0 heterocycles. The molecule has 0 atom stereocenters. The van der Waals surface area contributed by atoms with Crippen molar-refractivity contribution >= 4 is 6.29 Å². The third-order valence-corrected chi connectivity index (χ3v) is 3.47. The molecular formula is C17H18O2. The Hall–Kier alpha value is -2.09. The number of aryl methyl sites for hydroxylation is 2. The molecule has 2 aromatic carbocycles. The van der Waals surface area contributed by atoms with E-state index in [2.05, 4.69) is 13.0 Å². The maximum Gasteiger partial charge on any atom is 0.153 e. The van der Waals surface area contributed by atoms with Crippen LogP contribution in [0.3, 0.4) is 0 Å². The maximum atomic E-state index is 11.1. The van der Waals surface area contributed by atoms with Crippen LogP contribution >= 0.6 is 0 Å². The van der Waals surface area contributed by atoms with Gasteiger partial charge in [0.2, 0.25) is 0 Å². The summed E-state index contributed by atoms with van der Waals surface area (Å²) in [6.07, 6.45) is 0.847. The minimum absolute atomic E-state index is 0.484. The highest BCUT2D eigenvalue weighted by Gasteiger charge is 2.09. The van der Waals surface area contributed by atoms with E-state index in [0.29, 0.717) is 17.9 Å². The summed E-state index contributed by atoms with van der Waals surface area (Å²) in [5.74, 6) is 0.693. The highest BCUT2D eigenvalue weighted by molar-refractivity contribution is 5.80. The van der Waals surface area contributed by atoms with Crippen LogP contribution in [0.25, 0.3) is 0 Å². The summed E-state index contributed by atoms with van der Waals surface area (Å²) in [5, 5.41) is 0. The van der Waals surface area contributed by atoms with E-state index in [4.69, 9.17) is 4.74 Å². The number of rotatable bonds is 4. The summed E-state index contributed by atoms with van der Waals surface area (Å²) < 4.78 is 5.88. The summed E-state index contributed by atoms with van der Waals surface area (Å²) in [6.45, 7) is 6.54. The molecule has 0 bridgehead atoms. The second-order valence-corrected chi connectivity index (χ2v) is 4.76. The fraction of sp³-hybridized carbons (Fsp3) is 0.235. The highest BCUT2D eigenvalue weighted by Crippen LogP contribution is 2.26. The molecule has 0 fully saturated rings.